The van der Waals surface area contributed by atoms with Crippen LogP contribution in [0, 0.1) is 0 Å². The van der Waals surface area contributed by atoms with Crippen molar-refractivity contribution in [2.45, 2.75) is 26.3 Å². The van der Waals surface area contributed by atoms with E-state index in [1.807, 2.05) is 36.5 Å². The predicted octanol–water partition coefficient (Wildman–Crippen LogP) is 2.78. The van der Waals surface area contributed by atoms with E-state index in [1.54, 1.807) is 0 Å². The number of nitrogens with two attached hydrogens (primary N) is 1. The zero-order chi connectivity index (χ0) is 14.9. The van der Waals surface area contributed by atoms with Gasteiger partial charge in [-0.15, -0.1) is 0 Å². The van der Waals surface area contributed by atoms with E-state index in [2.05, 4.69) is 23.3 Å². The first-order chi connectivity index (χ1) is 10.3. The van der Waals surface area contributed by atoms with Crippen LogP contribution in [0.25, 0.3) is 0 Å². The zero-order valence-corrected chi connectivity index (χ0v) is 12.5. The summed E-state index contributed by atoms with van der Waals surface area (Å²) in [5.74, 6) is 0.780. The number of rotatable bonds is 8. The van der Waals surface area contributed by atoms with Gasteiger partial charge in [-0.2, -0.15) is 0 Å². The third-order valence-corrected chi connectivity index (χ3v) is 3.16. The van der Waals surface area contributed by atoms with E-state index in [1.165, 1.54) is 5.56 Å². The van der Waals surface area contributed by atoms with Crippen LogP contribution in [0.4, 0.5) is 5.69 Å². The molecular formula is C17H23N3O. The van der Waals surface area contributed by atoms with Crippen molar-refractivity contribution >= 4 is 5.69 Å². The Morgan fingerprint density at radius 3 is 2.86 bits per heavy atom. The Hall–Kier alpha value is -2.07. The van der Waals surface area contributed by atoms with Gasteiger partial charge in [-0.05, 0) is 49.2 Å². The van der Waals surface area contributed by atoms with E-state index in [0.29, 0.717) is 12.3 Å². The molecule has 0 spiro atoms. The smallest absolute Gasteiger partial charge is 0.142 e. The van der Waals surface area contributed by atoms with Gasteiger partial charge in [0.05, 0.1) is 18.0 Å². The van der Waals surface area contributed by atoms with E-state index in [9.17, 15) is 0 Å². The quantitative estimate of drug-likeness (QED) is 0.578. The zero-order valence-electron chi connectivity index (χ0n) is 12.5. The molecule has 2 rings (SSSR count). The molecule has 0 fully saturated rings. The lowest BCUT2D eigenvalue weighted by Crippen LogP contribution is -2.17. The van der Waals surface area contributed by atoms with Crippen LogP contribution in [0.15, 0.2) is 42.6 Å². The lowest BCUT2D eigenvalue weighted by atomic mass is 10.1. The van der Waals surface area contributed by atoms with Gasteiger partial charge in [-0.1, -0.05) is 19.1 Å². The molecule has 0 amide bonds. The van der Waals surface area contributed by atoms with Crippen LogP contribution in [0.3, 0.4) is 0 Å². The number of hydrogen-bond acceptors (Lipinski definition) is 4. The molecule has 21 heavy (non-hydrogen) atoms. The summed E-state index contributed by atoms with van der Waals surface area (Å²) in [5, 5.41) is 3.38. The highest BCUT2D eigenvalue weighted by Gasteiger charge is 2.02. The molecule has 0 radical (unpaired) electrons. The summed E-state index contributed by atoms with van der Waals surface area (Å²) in [6.07, 6.45) is 3.73. The van der Waals surface area contributed by atoms with Crippen LogP contribution in [0.1, 0.15) is 24.6 Å². The Bertz CT molecular complexity index is 543. The normalized spacial score (nSPS) is 10.5. The van der Waals surface area contributed by atoms with E-state index < -0.39 is 0 Å². The first-order valence-corrected chi connectivity index (χ1v) is 7.41. The van der Waals surface area contributed by atoms with Gasteiger partial charge in [0.2, 0.25) is 0 Å². The van der Waals surface area contributed by atoms with Crippen molar-refractivity contribution in [3.05, 3.63) is 53.9 Å². The van der Waals surface area contributed by atoms with E-state index in [-0.39, 0.29) is 0 Å². The molecule has 0 aliphatic heterocycles. The number of nitrogens with one attached hydrogen (secondary N) is 1. The van der Waals surface area contributed by atoms with Crippen LogP contribution in [0.5, 0.6) is 5.75 Å². The molecular weight excluding hydrogens is 262 g/mol. The SMILES string of the molecule is CCCOc1ccc(CCNCc2ccccn2)cc1N. The minimum Gasteiger partial charge on any atom is -0.491 e. The minimum atomic E-state index is 0.704. The molecule has 4 nitrogen and oxygen atoms in total. The molecule has 3 N–H and O–H groups in total. The number of nitrogen functional groups attached to an aromatic ring is 1. The van der Waals surface area contributed by atoms with Crippen molar-refractivity contribution in [3.63, 3.8) is 0 Å². The Morgan fingerprint density at radius 1 is 1.24 bits per heavy atom. The maximum atomic E-state index is 6.00. The summed E-state index contributed by atoms with van der Waals surface area (Å²) in [6.45, 7) is 4.46. The highest BCUT2D eigenvalue weighted by molar-refractivity contribution is 5.54. The molecule has 1 heterocycles. The van der Waals surface area contributed by atoms with Crippen LogP contribution >= 0.6 is 0 Å². The second-order valence-corrected chi connectivity index (χ2v) is 4.97. The van der Waals surface area contributed by atoms with Gasteiger partial charge in [-0.25, -0.2) is 0 Å². The maximum absolute atomic E-state index is 6.00. The van der Waals surface area contributed by atoms with Crippen molar-refractivity contribution in [1.82, 2.24) is 10.3 Å². The molecule has 1 aromatic carbocycles. The summed E-state index contributed by atoms with van der Waals surface area (Å²) in [7, 11) is 0. The van der Waals surface area contributed by atoms with Crippen molar-refractivity contribution < 1.29 is 4.74 Å². The van der Waals surface area contributed by atoms with Crippen LogP contribution in [-0.4, -0.2) is 18.1 Å². The molecule has 0 atom stereocenters. The fraction of sp³-hybridized carbons (Fsp3) is 0.353. The van der Waals surface area contributed by atoms with Gasteiger partial charge >= 0.3 is 0 Å². The van der Waals surface area contributed by atoms with Crippen molar-refractivity contribution in [1.29, 1.82) is 0 Å². The second kappa shape index (κ2) is 8.27. The summed E-state index contributed by atoms with van der Waals surface area (Å²) in [6, 6.07) is 12.0. The average molecular weight is 285 g/mol. The number of pyridine rings is 1. The highest BCUT2D eigenvalue weighted by Crippen LogP contribution is 2.22. The van der Waals surface area contributed by atoms with Gasteiger partial charge in [0.1, 0.15) is 5.75 Å². The van der Waals surface area contributed by atoms with Gasteiger partial charge in [0, 0.05) is 12.7 Å². The van der Waals surface area contributed by atoms with Gasteiger partial charge in [0.25, 0.3) is 0 Å². The average Bonchev–Trinajstić information content (AvgIpc) is 2.52. The number of ether oxygens (including phenoxy) is 1. The molecule has 0 unspecified atom stereocenters. The Labute approximate surface area is 126 Å². The van der Waals surface area contributed by atoms with Gasteiger partial charge in [0.15, 0.2) is 0 Å². The fourth-order valence-electron chi connectivity index (χ4n) is 2.05. The first-order valence-electron chi connectivity index (χ1n) is 7.41. The second-order valence-electron chi connectivity index (χ2n) is 4.97. The Kier molecular flexibility index (Phi) is 6.03. The third-order valence-electron chi connectivity index (χ3n) is 3.16. The third kappa shape index (κ3) is 5.08. The van der Waals surface area contributed by atoms with Crippen molar-refractivity contribution in [2.24, 2.45) is 0 Å². The van der Waals surface area contributed by atoms with E-state index in [0.717, 1.165) is 37.4 Å². The first kappa shape index (κ1) is 15.3. The summed E-state index contributed by atoms with van der Waals surface area (Å²) < 4.78 is 5.58. The van der Waals surface area contributed by atoms with Gasteiger partial charge < -0.3 is 15.8 Å². The molecule has 0 aliphatic carbocycles. The van der Waals surface area contributed by atoms with Crippen molar-refractivity contribution in [2.75, 3.05) is 18.9 Å². The molecule has 4 heteroatoms. The highest BCUT2D eigenvalue weighted by atomic mass is 16.5. The topological polar surface area (TPSA) is 60.2 Å². The lowest BCUT2D eigenvalue weighted by Gasteiger charge is -2.10. The standard InChI is InChI=1S/C17H23N3O/c1-2-11-21-17-7-6-14(12-16(17)18)8-10-19-13-15-5-3-4-9-20-15/h3-7,9,12,19H,2,8,10-11,13,18H2,1H3. The molecule has 0 saturated carbocycles. The molecule has 112 valence electrons. The monoisotopic (exact) mass is 285 g/mol. The summed E-state index contributed by atoms with van der Waals surface area (Å²) in [5.41, 5.74) is 8.98. The Morgan fingerprint density at radius 2 is 2.14 bits per heavy atom. The van der Waals surface area contributed by atoms with E-state index >= 15 is 0 Å². The van der Waals surface area contributed by atoms with Gasteiger partial charge in [-0.3, -0.25) is 4.98 Å². The molecule has 0 aliphatic rings. The van der Waals surface area contributed by atoms with Crippen LogP contribution < -0.4 is 15.8 Å². The number of hydrogen-bond donors (Lipinski definition) is 2. The number of benzene rings is 1. The fourth-order valence-corrected chi connectivity index (χ4v) is 2.05. The molecule has 0 saturated heterocycles. The molecule has 2 aromatic rings. The maximum Gasteiger partial charge on any atom is 0.142 e. The molecule has 1 aromatic heterocycles. The number of nitrogens with zero attached hydrogens (tertiary/aromatic N) is 1. The minimum absolute atomic E-state index is 0.704. The van der Waals surface area contributed by atoms with Crippen LogP contribution in [-0.2, 0) is 13.0 Å². The predicted molar refractivity (Wildman–Crippen MR) is 86.3 cm³/mol. The molecule has 0 bridgehead atoms. The Balaban J connectivity index is 1.77. The largest absolute Gasteiger partial charge is 0.491 e. The van der Waals surface area contributed by atoms with E-state index in [4.69, 9.17) is 10.5 Å². The van der Waals surface area contributed by atoms with Crippen molar-refractivity contribution in [3.8, 4) is 5.75 Å². The van der Waals surface area contributed by atoms with Crippen LogP contribution in [0.2, 0.25) is 0 Å². The summed E-state index contributed by atoms with van der Waals surface area (Å²) >= 11 is 0. The number of anilines is 1. The number of aromatic nitrogens is 1. The summed E-state index contributed by atoms with van der Waals surface area (Å²) in [4.78, 5) is 4.28. The lowest BCUT2D eigenvalue weighted by molar-refractivity contribution is 0.319.